The van der Waals surface area contributed by atoms with Crippen LogP contribution in [0.25, 0.3) is 0 Å². The molecule has 0 aliphatic carbocycles. The summed E-state index contributed by atoms with van der Waals surface area (Å²) >= 11 is 0. The molecule has 0 saturated carbocycles. The molecule has 1 rings (SSSR count). The zero-order valence-electron chi connectivity index (χ0n) is 8.40. The van der Waals surface area contributed by atoms with Crippen LogP contribution in [0.1, 0.15) is 18.9 Å². The molecule has 4 heteroatoms. The first-order chi connectivity index (χ1) is 7.00. The molecule has 1 aromatic rings. The second-order valence-electron chi connectivity index (χ2n) is 3.56. The Hall–Kier alpha value is -1.58. The number of halogens is 1. The van der Waals surface area contributed by atoms with Crippen LogP contribution in [0.4, 0.5) is 4.39 Å². The minimum atomic E-state index is -0.853. The van der Waals surface area contributed by atoms with Gasteiger partial charge in [0.2, 0.25) is 0 Å². The molecule has 15 heavy (non-hydrogen) atoms. The van der Waals surface area contributed by atoms with Gasteiger partial charge in [0.15, 0.2) is 11.6 Å². The maximum atomic E-state index is 12.9. The number of hydrogen-bond acceptors (Lipinski definition) is 2. The number of aliphatic carboxylic acids is 1. The first-order valence-corrected chi connectivity index (χ1v) is 4.71. The standard InChI is InChI=1S/C11H13FO3/c1-7(11(14)15)2-3-8-4-5-10(13)9(12)6-8/h4-7,13H,2-3H2,1H3,(H,14,15). The fourth-order valence-electron chi connectivity index (χ4n) is 1.21. The largest absolute Gasteiger partial charge is 0.505 e. The van der Waals surface area contributed by atoms with Crippen molar-refractivity contribution in [2.45, 2.75) is 19.8 Å². The van der Waals surface area contributed by atoms with Gasteiger partial charge in [0.05, 0.1) is 5.92 Å². The third-order valence-corrected chi connectivity index (χ3v) is 2.30. The van der Waals surface area contributed by atoms with Gasteiger partial charge in [0, 0.05) is 0 Å². The van der Waals surface area contributed by atoms with Gasteiger partial charge in [-0.05, 0) is 30.5 Å². The van der Waals surface area contributed by atoms with Gasteiger partial charge in [-0.3, -0.25) is 4.79 Å². The molecule has 0 radical (unpaired) electrons. The highest BCUT2D eigenvalue weighted by Gasteiger charge is 2.11. The number of phenolic OH excluding ortho intramolecular Hbond substituents is 1. The Morgan fingerprint density at radius 2 is 2.20 bits per heavy atom. The van der Waals surface area contributed by atoms with Crippen LogP contribution in [0.3, 0.4) is 0 Å². The summed E-state index contributed by atoms with van der Waals surface area (Å²) in [6, 6.07) is 4.09. The van der Waals surface area contributed by atoms with Crippen molar-refractivity contribution in [2.24, 2.45) is 5.92 Å². The number of benzene rings is 1. The van der Waals surface area contributed by atoms with E-state index in [1.807, 2.05) is 0 Å². The number of hydrogen-bond donors (Lipinski definition) is 2. The van der Waals surface area contributed by atoms with Gasteiger partial charge in [-0.15, -0.1) is 0 Å². The second kappa shape index (κ2) is 4.77. The van der Waals surface area contributed by atoms with Crippen molar-refractivity contribution in [2.75, 3.05) is 0 Å². The molecule has 1 aromatic carbocycles. The molecule has 0 spiro atoms. The van der Waals surface area contributed by atoms with Crippen LogP contribution >= 0.6 is 0 Å². The Morgan fingerprint density at radius 3 is 2.73 bits per heavy atom. The molecule has 0 bridgehead atoms. The molecule has 0 heterocycles. The zero-order chi connectivity index (χ0) is 11.4. The van der Waals surface area contributed by atoms with Gasteiger partial charge in [-0.2, -0.15) is 0 Å². The zero-order valence-corrected chi connectivity index (χ0v) is 8.40. The average molecular weight is 212 g/mol. The molecule has 1 unspecified atom stereocenters. The molecule has 0 saturated heterocycles. The number of aryl methyl sites for hydroxylation is 1. The van der Waals surface area contributed by atoms with Gasteiger partial charge in [0.25, 0.3) is 0 Å². The highest BCUT2D eigenvalue weighted by molar-refractivity contribution is 5.69. The summed E-state index contributed by atoms with van der Waals surface area (Å²) in [6.07, 6.45) is 0.949. The monoisotopic (exact) mass is 212 g/mol. The topological polar surface area (TPSA) is 57.5 Å². The van der Waals surface area contributed by atoms with Crippen molar-refractivity contribution in [3.63, 3.8) is 0 Å². The van der Waals surface area contributed by atoms with Gasteiger partial charge >= 0.3 is 5.97 Å². The summed E-state index contributed by atoms with van der Waals surface area (Å²) < 4.78 is 12.9. The molecule has 82 valence electrons. The van der Waals surface area contributed by atoms with Crippen LogP contribution in [-0.2, 0) is 11.2 Å². The van der Waals surface area contributed by atoms with E-state index in [1.165, 1.54) is 12.1 Å². The molecule has 0 aliphatic heterocycles. The number of carboxylic acids is 1. The Labute approximate surface area is 87.2 Å². The van der Waals surface area contributed by atoms with Crippen molar-refractivity contribution >= 4 is 5.97 Å². The Morgan fingerprint density at radius 1 is 1.53 bits per heavy atom. The maximum absolute atomic E-state index is 12.9. The van der Waals surface area contributed by atoms with Crippen LogP contribution in [0.5, 0.6) is 5.75 Å². The Balaban J connectivity index is 2.58. The molecule has 3 nitrogen and oxygen atoms in total. The van der Waals surface area contributed by atoms with Crippen molar-refractivity contribution in [3.8, 4) is 5.75 Å². The number of carboxylic acid groups (broad SMARTS) is 1. The van der Waals surface area contributed by atoms with Gasteiger partial charge in [-0.25, -0.2) is 4.39 Å². The fraction of sp³-hybridized carbons (Fsp3) is 0.364. The minimum Gasteiger partial charge on any atom is -0.505 e. The molecule has 2 N–H and O–H groups in total. The maximum Gasteiger partial charge on any atom is 0.306 e. The predicted molar refractivity (Wildman–Crippen MR) is 53.2 cm³/mol. The first-order valence-electron chi connectivity index (χ1n) is 4.71. The van der Waals surface area contributed by atoms with Crippen LogP contribution < -0.4 is 0 Å². The van der Waals surface area contributed by atoms with E-state index >= 15 is 0 Å². The van der Waals surface area contributed by atoms with E-state index in [1.54, 1.807) is 13.0 Å². The predicted octanol–water partition coefficient (Wildman–Crippen LogP) is 2.18. The lowest BCUT2D eigenvalue weighted by Crippen LogP contribution is -2.10. The summed E-state index contributed by atoms with van der Waals surface area (Å²) in [5, 5.41) is 17.6. The lowest BCUT2D eigenvalue weighted by Gasteiger charge is -2.06. The van der Waals surface area contributed by atoms with Crippen molar-refractivity contribution < 1.29 is 19.4 Å². The third-order valence-electron chi connectivity index (χ3n) is 2.30. The number of rotatable bonds is 4. The summed E-state index contributed by atoms with van der Waals surface area (Å²) in [6.45, 7) is 1.61. The molecule has 1 atom stereocenters. The highest BCUT2D eigenvalue weighted by atomic mass is 19.1. The quantitative estimate of drug-likeness (QED) is 0.804. The highest BCUT2D eigenvalue weighted by Crippen LogP contribution is 2.18. The van der Waals surface area contributed by atoms with Crippen LogP contribution in [-0.4, -0.2) is 16.2 Å². The Kier molecular flexibility index (Phi) is 3.66. The van der Waals surface area contributed by atoms with E-state index in [0.717, 1.165) is 0 Å². The van der Waals surface area contributed by atoms with Crippen LogP contribution in [0, 0.1) is 11.7 Å². The fourth-order valence-corrected chi connectivity index (χ4v) is 1.21. The van der Waals surface area contributed by atoms with Crippen LogP contribution in [0.15, 0.2) is 18.2 Å². The Bertz CT molecular complexity index is 363. The van der Waals surface area contributed by atoms with E-state index in [4.69, 9.17) is 10.2 Å². The molecule has 0 amide bonds. The van der Waals surface area contributed by atoms with E-state index in [-0.39, 0.29) is 5.75 Å². The van der Waals surface area contributed by atoms with E-state index in [9.17, 15) is 9.18 Å². The SMILES string of the molecule is CC(CCc1ccc(O)c(F)c1)C(=O)O. The molecule has 0 aliphatic rings. The van der Waals surface area contributed by atoms with E-state index < -0.39 is 17.7 Å². The normalized spacial score (nSPS) is 12.4. The summed E-state index contributed by atoms with van der Waals surface area (Å²) in [7, 11) is 0. The lowest BCUT2D eigenvalue weighted by atomic mass is 10.0. The van der Waals surface area contributed by atoms with Crippen molar-refractivity contribution in [1.29, 1.82) is 0 Å². The summed E-state index contributed by atoms with van der Waals surface area (Å²) in [5.41, 5.74) is 0.693. The van der Waals surface area contributed by atoms with Gasteiger partial charge in [-0.1, -0.05) is 13.0 Å². The molecule has 0 aromatic heterocycles. The van der Waals surface area contributed by atoms with E-state index in [0.29, 0.717) is 18.4 Å². The van der Waals surface area contributed by atoms with Crippen molar-refractivity contribution in [1.82, 2.24) is 0 Å². The second-order valence-corrected chi connectivity index (χ2v) is 3.56. The number of aromatic hydroxyl groups is 1. The third kappa shape index (κ3) is 3.23. The average Bonchev–Trinajstić information content (AvgIpc) is 2.19. The van der Waals surface area contributed by atoms with E-state index in [2.05, 4.69) is 0 Å². The number of phenols is 1. The minimum absolute atomic E-state index is 0.384. The summed E-state index contributed by atoms with van der Waals surface area (Å²) in [4.78, 5) is 10.5. The van der Waals surface area contributed by atoms with Gasteiger partial charge < -0.3 is 10.2 Å². The molecular weight excluding hydrogens is 199 g/mol. The molecule has 0 fully saturated rings. The van der Waals surface area contributed by atoms with Crippen molar-refractivity contribution in [3.05, 3.63) is 29.6 Å². The molecular formula is C11H13FO3. The summed E-state index contributed by atoms with van der Waals surface area (Å²) in [5.74, 6) is -2.35. The van der Waals surface area contributed by atoms with Gasteiger partial charge in [0.1, 0.15) is 0 Å². The smallest absolute Gasteiger partial charge is 0.306 e. The first kappa shape index (κ1) is 11.5. The van der Waals surface area contributed by atoms with Crippen LogP contribution in [0.2, 0.25) is 0 Å². The lowest BCUT2D eigenvalue weighted by molar-refractivity contribution is -0.141. The number of carbonyl (C=O) groups is 1.